The van der Waals surface area contributed by atoms with E-state index in [2.05, 4.69) is 17.2 Å². The number of amides is 2. The number of ether oxygens (including phenoxy) is 1. The van der Waals surface area contributed by atoms with Crippen molar-refractivity contribution in [2.75, 3.05) is 25.1 Å². The third-order valence-electron chi connectivity index (χ3n) is 2.19. The third kappa shape index (κ3) is 6.06. The van der Waals surface area contributed by atoms with E-state index in [9.17, 15) is 4.79 Å². The number of rotatable bonds is 6. The average molecular weight is 248 g/mol. The summed E-state index contributed by atoms with van der Waals surface area (Å²) in [6, 6.07) is 7.41. The van der Waals surface area contributed by atoms with Crippen LogP contribution in [0, 0.1) is 6.92 Å². The molecule has 2 amide bonds. The van der Waals surface area contributed by atoms with Gasteiger partial charge in [0.25, 0.3) is 0 Å². The van der Waals surface area contributed by atoms with Gasteiger partial charge in [-0.1, -0.05) is 29.8 Å². The van der Waals surface area contributed by atoms with E-state index in [-0.39, 0.29) is 6.03 Å². The Labute approximate surface area is 108 Å². The number of hydrogen-bond acceptors (Lipinski definition) is 2. The molecule has 1 aromatic carbocycles. The summed E-state index contributed by atoms with van der Waals surface area (Å²) >= 11 is 0. The summed E-state index contributed by atoms with van der Waals surface area (Å²) in [7, 11) is 0. The number of aryl methyl sites for hydroxylation is 1. The van der Waals surface area contributed by atoms with Crippen molar-refractivity contribution in [2.45, 2.75) is 13.8 Å². The number of carbonyl (C=O) groups excluding carboxylic acids is 1. The summed E-state index contributed by atoms with van der Waals surface area (Å²) in [6.45, 7) is 9.12. The lowest BCUT2D eigenvalue weighted by Gasteiger charge is -2.08. The molecular formula is C14H20N2O2. The van der Waals surface area contributed by atoms with Crippen molar-refractivity contribution in [2.24, 2.45) is 0 Å². The Bertz CT molecular complexity index is 399. The molecule has 0 aliphatic rings. The molecule has 0 radical (unpaired) electrons. The zero-order valence-corrected chi connectivity index (χ0v) is 11.0. The van der Waals surface area contributed by atoms with Crippen molar-refractivity contribution in [3.8, 4) is 0 Å². The highest BCUT2D eigenvalue weighted by Gasteiger charge is 2.00. The minimum Gasteiger partial charge on any atom is -0.375 e. The van der Waals surface area contributed by atoms with E-state index in [1.54, 1.807) is 0 Å². The van der Waals surface area contributed by atoms with Crippen molar-refractivity contribution in [3.63, 3.8) is 0 Å². The standard InChI is InChI=1S/C14H20N2O2/c1-11(2)10-18-9-8-15-14(17)16-13-6-4-12(3)5-7-13/h4-7H,1,8-10H2,2-3H3,(H2,15,16,17). The number of anilines is 1. The van der Waals surface area contributed by atoms with Gasteiger partial charge in [0.05, 0.1) is 13.2 Å². The lowest BCUT2D eigenvalue weighted by molar-refractivity contribution is 0.159. The molecule has 0 unspecified atom stereocenters. The lowest BCUT2D eigenvalue weighted by Crippen LogP contribution is -2.31. The summed E-state index contributed by atoms with van der Waals surface area (Å²) in [4.78, 5) is 11.5. The molecule has 4 nitrogen and oxygen atoms in total. The van der Waals surface area contributed by atoms with Crippen LogP contribution in [0.3, 0.4) is 0 Å². The zero-order chi connectivity index (χ0) is 13.4. The predicted octanol–water partition coefficient (Wildman–Crippen LogP) is 2.71. The number of urea groups is 1. The molecule has 0 saturated heterocycles. The van der Waals surface area contributed by atoms with Crippen LogP contribution in [0.1, 0.15) is 12.5 Å². The van der Waals surface area contributed by atoms with Crippen LogP contribution in [0.4, 0.5) is 10.5 Å². The summed E-state index contributed by atoms with van der Waals surface area (Å²) in [5.74, 6) is 0. The predicted molar refractivity (Wildman–Crippen MR) is 73.8 cm³/mol. The second-order valence-electron chi connectivity index (χ2n) is 4.26. The maximum absolute atomic E-state index is 11.5. The Morgan fingerprint density at radius 2 is 2.00 bits per heavy atom. The highest BCUT2D eigenvalue weighted by molar-refractivity contribution is 5.89. The van der Waals surface area contributed by atoms with E-state index in [0.29, 0.717) is 19.8 Å². The molecular weight excluding hydrogens is 228 g/mol. The van der Waals surface area contributed by atoms with E-state index < -0.39 is 0 Å². The van der Waals surface area contributed by atoms with Gasteiger partial charge in [0.15, 0.2) is 0 Å². The molecule has 0 bridgehead atoms. The van der Waals surface area contributed by atoms with E-state index >= 15 is 0 Å². The molecule has 0 aliphatic heterocycles. The summed E-state index contributed by atoms with van der Waals surface area (Å²) < 4.78 is 5.27. The van der Waals surface area contributed by atoms with Crippen molar-refractivity contribution >= 4 is 11.7 Å². The van der Waals surface area contributed by atoms with Gasteiger partial charge in [-0.2, -0.15) is 0 Å². The second kappa shape index (κ2) is 7.50. The SMILES string of the molecule is C=C(C)COCCNC(=O)Nc1ccc(C)cc1. The van der Waals surface area contributed by atoms with Gasteiger partial charge in [-0.05, 0) is 26.0 Å². The summed E-state index contributed by atoms with van der Waals surface area (Å²) in [5.41, 5.74) is 2.91. The first-order chi connectivity index (χ1) is 8.58. The molecule has 98 valence electrons. The first-order valence-electron chi connectivity index (χ1n) is 5.91. The highest BCUT2D eigenvalue weighted by Crippen LogP contribution is 2.07. The van der Waals surface area contributed by atoms with Crippen LogP contribution in [0.25, 0.3) is 0 Å². The average Bonchev–Trinajstić information content (AvgIpc) is 2.31. The van der Waals surface area contributed by atoms with Gasteiger partial charge >= 0.3 is 6.03 Å². The quantitative estimate of drug-likeness (QED) is 0.600. The fraction of sp³-hybridized carbons (Fsp3) is 0.357. The normalized spacial score (nSPS) is 9.89. The Balaban J connectivity index is 2.17. The van der Waals surface area contributed by atoms with Crippen molar-refractivity contribution < 1.29 is 9.53 Å². The molecule has 1 rings (SSSR count). The maximum atomic E-state index is 11.5. The first-order valence-corrected chi connectivity index (χ1v) is 5.91. The number of benzene rings is 1. The Morgan fingerprint density at radius 3 is 2.61 bits per heavy atom. The molecule has 2 N–H and O–H groups in total. The number of carbonyl (C=O) groups is 1. The van der Waals surface area contributed by atoms with Gasteiger partial charge < -0.3 is 15.4 Å². The molecule has 0 spiro atoms. The Kier molecular flexibility index (Phi) is 5.94. The molecule has 1 aromatic rings. The molecule has 0 atom stereocenters. The van der Waals surface area contributed by atoms with Crippen LogP contribution in [-0.2, 0) is 4.74 Å². The van der Waals surface area contributed by atoms with E-state index in [1.165, 1.54) is 0 Å². The van der Waals surface area contributed by atoms with E-state index in [1.807, 2.05) is 38.1 Å². The topological polar surface area (TPSA) is 50.4 Å². The number of nitrogens with one attached hydrogen (secondary N) is 2. The van der Waals surface area contributed by atoms with Crippen LogP contribution in [0.2, 0.25) is 0 Å². The largest absolute Gasteiger partial charge is 0.375 e. The Hall–Kier alpha value is -1.81. The Morgan fingerprint density at radius 1 is 1.33 bits per heavy atom. The van der Waals surface area contributed by atoms with Crippen LogP contribution in [0.15, 0.2) is 36.4 Å². The van der Waals surface area contributed by atoms with Crippen LogP contribution in [-0.4, -0.2) is 25.8 Å². The van der Waals surface area contributed by atoms with Gasteiger partial charge in [-0.3, -0.25) is 0 Å². The fourth-order valence-corrected chi connectivity index (χ4v) is 1.30. The van der Waals surface area contributed by atoms with Gasteiger partial charge in [-0.25, -0.2) is 4.79 Å². The number of hydrogen-bond donors (Lipinski definition) is 2. The van der Waals surface area contributed by atoms with Crippen molar-refractivity contribution in [3.05, 3.63) is 42.0 Å². The minimum atomic E-state index is -0.224. The molecule has 0 fully saturated rings. The van der Waals surface area contributed by atoms with Crippen LogP contribution < -0.4 is 10.6 Å². The van der Waals surface area contributed by atoms with Gasteiger partial charge in [0.2, 0.25) is 0 Å². The maximum Gasteiger partial charge on any atom is 0.319 e. The molecule has 18 heavy (non-hydrogen) atoms. The highest BCUT2D eigenvalue weighted by atomic mass is 16.5. The second-order valence-corrected chi connectivity index (χ2v) is 4.26. The zero-order valence-electron chi connectivity index (χ0n) is 11.0. The molecule has 0 saturated carbocycles. The van der Waals surface area contributed by atoms with Gasteiger partial charge in [-0.15, -0.1) is 0 Å². The van der Waals surface area contributed by atoms with Crippen LogP contribution >= 0.6 is 0 Å². The molecule has 4 heteroatoms. The minimum absolute atomic E-state index is 0.224. The smallest absolute Gasteiger partial charge is 0.319 e. The fourth-order valence-electron chi connectivity index (χ4n) is 1.30. The summed E-state index contributed by atoms with van der Waals surface area (Å²) in [6.07, 6.45) is 0. The molecule has 0 aromatic heterocycles. The lowest BCUT2D eigenvalue weighted by atomic mass is 10.2. The van der Waals surface area contributed by atoms with Gasteiger partial charge in [0.1, 0.15) is 0 Å². The van der Waals surface area contributed by atoms with E-state index in [4.69, 9.17) is 4.74 Å². The molecule has 0 aliphatic carbocycles. The summed E-state index contributed by atoms with van der Waals surface area (Å²) in [5, 5.41) is 5.46. The van der Waals surface area contributed by atoms with Crippen molar-refractivity contribution in [1.29, 1.82) is 0 Å². The third-order valence-corrected chi connectivity index (χ3v) is 2.19. The van der Waals surface area contributed by atoms with Crippen molar-refractivity contribution in [1.82, 2.24) is 5.32 Å². The molecule has 0 heterocycles. The van der Waals surface area contributed by atoms with Gasteiger partial charge in [0, 0.05) is 12.2 Å². The monoisotopic (exact) mass is 248 g/mol. The van der Waals surface area contributed by atoms with E-state index in [0.717, 1.165) is 16.8 Å². The first kappa shape index (κ1) is 14.3. The van der Waals surface area contributed by atoms with Crippen LogP contribution in [0.5, 0.6) is 0 Å².